The molecule has 38 heavy (non-hydrogen) atoms. The molecule has 0 heterocycles. The molecular weight excluding hydrogens is 521 g/mol. The number of amides is 1. The molecule has 1 amide bonds. The second kappa shape index (κ2) is 9.40. The molecular formula is C24H24F5N3O6. The van der Waals surface area contributed by atoms with Crippen LogP contribution in [0.15, 0.2) is 6.07 Å². The first-order valence-corrected chi connectivity index (χ1v) is 11.7. The van der Waals surface area contributed by atoms with Crippen molar-refractivity contribution < 1.29 is 51.0 Å². The first-order valence-electron chi connectivity index (χ1n) is 11.7. The lowest BCUT2D eigenvalue weighted by atomic mass is 9.56. The van der Waals surface area contributed by atoms with E-state index in [0.717, 1.165) is 0 Å². The summed E-state index contributed by atoms with van der Waals surface area (Å²) >= 11 is 0. The standard InChI is InChI=1S/C24H24F5N3O6/c1-31-12-4-10(6-32-7-23(25,26)24(27,28)29)18(34)16-11(12)3-8-2-9-5-13(33)17(22(30)38)21(37)15(9)19(35)14(8)20(16)36/h4,8-9,14-15,17,31-32,34H,2-3,5-7H2,1H3,(H2,30,38). The smallest absolute Gasteiger partial charge is 0.454 e. The molecule has 3 aliphatic rings. The van der Waals surface area contributed by atoms with E-state index in [9.17, 15) is 51.0 Å². The number of nitrogens with two attached hydrogens (primary N) is 1. The number of nitrogens with one attached hydrogen (secondary N) is 2. The van der Waals surface area contributed by atoms with Gasteiger partial charge in [0, 0.05) is 31.3 Å². The second-order valence-electron chi connectivity index (χ2n) is 9.93. The molecule has 0 saturated heterocycles. The number of hydrogen-bond acceptors (Lipinski definition) is 8. The molecule has 0 aliphatic heterocycles. The van der Waals surface area contributed by atoms with Crippen LogP contribution in [-0.2, 0) is 32.1 Å². The Hall–Kier alpha value is -3.42. The van der Waals surface area contributed by atoms with Crippen LogP contribution in [-0.4, -0.2) is 59.8 Å². The Balaban J connectivity index is 1.66. The molecule has 0 bridgehead atoms. The van der Waals surface area contributed by atoms with E-state index in [1.165, 1.54) is 13.1 Å². The van der Waals surface area contributed by atoms with Crippen molar-refractivity contribution in [1.82, 2.24) is 5.32 Å². The zero-order chi connectivity index (χ0) is 28.3. The lowest BCUT2D eigenvalue weighted by Gasteiger charge is -2.44. The number of carbonyl (C=O) groups is 5. The Bertz CT molecular complexity index is 1250. The largest absolute Gasteiger partial charge is 0.507 e. The molecule has 0 aromatic heterocycles. The number of phenolic OH excluding ortho intramolecular Hbond substituents is 1. The van der Waals surface area contributed by atoms with Gasteiger partial charge in [-0.1, -0.05) is 0 Å². The molecule has 0 radical (unpaired) electrons. The molecule has 9 nitrogen and oxygen atoms in total. The molecule has 1 aromatic rings. The quantitative estimate of drug-likeness (QED) is 0.238. The number of anilines is 1. The van der Waals surface area contributed by atoms with E-state index in [2.05, 4.69) is 5.32 Å². The number of fused-ring (bicyclic) bond motifs is 3. The molecule has 14 heteroatoms. The minimum atomic E-state index is -5.78. The molecule has 3 aliphatic carbocycles. The van der Waals surface area contributed by atoms with Gasteiger partial charge in [0.25, 0.3) is 0 Å². The third-order valence-corrected chi connectivity index (χ3v) is 7.65. The maximum Gasteiger partial charge on any atom is 0.454 e. The van der Waals surface area contributed by atoms with E-state index in [0.29, 0.717) is 11.3 Å². The third-order valence-electron chi connectivity index (χ3n) is 7.65. The van der Waals surface area contributed by atoms with Gasteiger partial charge in [-0.05, 0) is 36.3 Å². The van der Waals surface area contributed by atoms with Crippen molar-refractivity contribution in [2.75, 3.05) is 18.9 Å². The number of aromatic hydroxyl groups is 1. The Labute approximate surface area is 212 Å². The van der Waals surface area contributed by atoms with E-state index in [1.807, 2.05) is 5.32 Å². The number of benzene rings is 1. The number of Topliss-reactive ketones (excluding diaryl/α,β-unsaturated/α-hetero) is 4. The minimum absolute atomic E-state index is 0.0892. The van der Waals surface area contributed by atoms with Gasteiger partial charge in [-0.15, -0.1) is 0 Å². The highest BCUT2D eigenvalue weighted by atomic mass is 19.4. The van der Waals surface area contributed by atoms with E-state index in [4.69, 9.17) is 5.73 Å². The molecule has 5 atom stereocenters. The van der Waals surface area contributed by atoms with Crippen LogP contribution in [0.3, 0.4) is 0 Å². The van der Waals surface area contributed by atoms with Crippen LogP contribution in [0.4, 0.5) is 27.6 Å². The number of phenols is 1. The number of ketones is 4. The fourth-order valence-corrected chi connectivity index (χ4v) is 5.93. The SMILES string of the molecule is CNc1cc(CNCC(F)(F)C(F)(F)F)c(O)c2c1CC1CC3CC(=O)C(C(N)=O)C(=O)C3C(=O)C1C2=O. The minimum Gasteiger partial charge on any atom is -0.507 e. The highest BCUT2D eigenvalue weighted by Crippen LogP contribution is 2.49. The summed E-state index contributed by atoms with van der Waals surface area (Å²) in [5.41, 5.74) is 5.34. The van der Waals surface area contributed by atoms with Gasteiger partial charge < -0.3 is 21.5 Å². The van der Waals surface area contributed by atoms with Crippen molar-refractivity contribution in [2.45, 2.75) is 37.9 Å². The van der Waals surface area contributed by atoms with Gasteiger partial charge in [-0.3, -0.25) is 24.0 Å². The van der Waals surface area contributed by atoms with Crippen LogP contribution < -0.4 is 16.4 Å². The fourth-order valence-electron chi connectivity index (χ4n) is 5.93. The maximum absolute atomic E-state index is 13.6. The first-order chi connectivity index (χ1) is 17.6. The summed E-state index contributed by atoms with van der Waals surface area (Å²) in [6.45, 7) is -2.43. The summed E-state index contributed by atoms with van der Waals surface area (Å²) in [4.78, 5) is 63.9. The van der Waals surface area contributed by atoms with Gasteiger partial charge in [-0.25, -0.2) is 0 Å². The second-order valence-corrected chi connectivity index (χ2v) is 9.93. The van der Waals surface area contributed by atoms with Crippen LogP contribution >= 0.6 is 0 Å². The number of halogens is 5. The lowest BCUT2D eigenvalue weighted by molar-refractivity contribution is -0.279. The first kappa shape index (κ1) is 27.6. The van der Waals surface area contributed by atoms with Gasteiger partial charge in [0.1, 0.15) is 5.75 Å². The summed E-state index contributed by atoms with van der Waals surface area (Å²) in [5, 5.41) is 15.6. The fraction of sp³-hybridized carbons (Fsp3) is 0.542. The van der Waals surface area contributed by atoms with Crippen molar-refractivity contribution in [3.63, 3.8) is 0 Å². The molecule has 2 saturated carbocycles. The van der Waals surface area contributed by atoms with Gasteiger partial charge in [0.05, 0.1) is 23.9 Å². The summed E-state index contributed by atoms with van der Waals surface area (Å²) in [6.07, 6.45) is -5.77. The van der Waals surface area contributed by atoms with Crippen molar-refractivity contribution >= 4 is 34.7 Å². The topological polar surface area (TPSA) is 156 Å². The monoisotopic (exact) mass is 545 g/mol. The summed E-state index contributed by atoms with van der Waals surface area (Å²) in [6, 6.07) is 1.30. The normalized spacial score (nSPS) is 27.5. The average Bonchev–Trinajstić information content (AvgIpc) is 2.78. The third kappa shape index (κ3) is 4.33. The molecule has 1 aromatic carbocycles. The van der Waals surface area contributed by atoms with Gasteiger partial charge in [0.15, 0.2) is 29.1 Å². The van der Waals surface area contributed by atoms with Crippen molar-refractivity contribution in [3.05, 3.63) is 22.8 Å². The Morgan fingerprint density at radius 3 is 2.26 bits per heavy atom. The predicted octanol–water partition coefficient (Wildman–Crippen LogP) is 1.54. The molecule has 206 valence electrons. The zero-order valence-electron chi connectivity index (χ0n) is 20.0. The maximum atomic E-state index is 13.6. The number of hydrogen-bond donors (Lipinski definition) is 4. The Morgan fingerprint density at radius 1 is 1.05 bits per heavy atom. The van der Waals surface area contributed by atoms with E-state index < -0.39 is 89.6 Å². The summed E-state index contributed by atoms with van der Waals surface area (Å²) in [7, 11) is 1.47. The van der Waals surface area contributed by atoms with E-state index in [-0.39, 0.29) is 30.4 Å². The average molecular weight is 545 g/mol. The van der Waals surface area contributed by atoms with E-state index >= 15 is 0 Å². The number of alkyl halides is 5. The number of primary amides is 1. The molecule has 4 rings (SSSR count). The van der Waals surface area contributed by atoms with Crippen LogP contribution in [0.25, 0.3) is 0 Å². The van der Waals surface area contributed by atoms with Crippen LogP contribution in [0.1, 0.15) is 34.3 Å². The molecule has 5 unspecified atom stereocenters. The van der Waals surface area contributed by atoms with Crippen LogP contribution in [0, 0.1) is 29.6 Å². The van der Waals surface area contributed by atoms with Gasteiger partial charge >= 0.3 is 12.1 Å². The lowest BCUT2D eigenvalue weighted by Crippen LogP contribution is -2.56. The molecule has 0 spiro atoms. The number of rotatable bonds is 6. The van der Waals surface area contributed by atoms with Crippen LogP contribution in [0.2, 0.25) is 0 Å². The van der Waals surface area contributed by atoms with Crippen LogP contribution in [0.5, 0.6) is 5.75 Å². The number of carbonyl (C=O) groups excluding carboxylic acids is 5. The highest BCUT2D eigenvalue weighted by molar-refractivity contribution is 6.27. The highest BCUT2D eigenvalue weighted by Gasteiger charge is 2.58. The Morgan fingerprint density at radius 2 is 1.68 bits per heavy atom. The summed E-state index contributed by atoms with van der Waals surface area (Å²) < 4.78 is 64.0. The van der Waals surface area contributed by atoms with Crippen molar-refractivity contribution in [2.24, 2.45) is 35.3 Å². The molecule has 5 N–H and O–H groups in total. The summed E-state index contributed by atoms with van der Waals surface area (Å²) in [5.74, 6) is -16.0. The van der Waals surface area contributed by atoms with Gasteiger partial charge in [0.2, 0.25) is 5.91 Å². The van der Waals surface area contributed by atoms with Crippen molar-refractivity contribution in [1.29, 1.82) is 0 Å². The van der Waals surface area contributed by atoms with E-state index in [1.54, 1.807) is 0 Å². The van der Waals surface area contributed by atoms with Gasteiger partial charge in [-0.2, -0.15) is 22.0 Å². The Kier molecular flexibility index (Phi) is 6.83. The zero-order valence-corrected chi connectivity index (χ0v) is 20.0. The predicted molar refractivity (Wildman–Crippen MR) is 119 cm³/mol. The molecule has 2 fully saturated rings. The van der Waals surface area contributed by atoms with Crippen molar-refractivity contribution in [3.8, 4) is 5.75 Å².